The summed E-state index contributed by atoms with van der Waals surface area (Å²) < 4.78 is 38.1. The fourth-order valence-corrected chi connectivity index (χ4v) is 1.89. The largest absolute Gasteiger partial charge is 0.416 e. The van der Waals surface area contributed by atoms with E-state index in [1.807, 2.05) is 6.92 Å². The molecule has 0 radical (unpaired) electrons. The first-order valence-corrected chi connectivity index (χ1v) is 6.80. The van der Waals surface area contributed by atoms with E-state index in [2.05, 4.69) is 21.2 Å². The van der Waals surface area contributed by atoms with Gasteiger partial charge in [0.2, 0.25) is 5.91 Å². The standard InChI is InChI=1S/C13H15BrF3NO/c1-2-3-4-5-12(19)18-11-8-9(13(15,16)17)6-7-10(11)14/h6-8H,2-5H2,1H3,(H,18,19). The van der Waals surface area contributed by atoms with Crippen LogP contribution in [-0.2, 0) is 11.0 Å². The Labute approximate surface area is 118 Å². The van der Waals surface area contributed by atoms with Gasteiger partial charge >= 0.3 is 6.18 Å². The zero-order valence-electron chi connectivity index (χ0n) is 10.5. The van der Waals surface area contributed by atoms with Crippen molar-refractivity contribution in [2.75, 3.05) is 5.32 Å². The minimum atomic E-state index is -4.41. The highest BCUT2D eigenvalue weighted by Gasteiger charge is 2.31. The van der Waals surface area contributed by atoms with E-state index in [-0.39, 0.29) is 11.6 Å². The van der Waals surface area contributed by atoms with Gasteiger partial charge in [0.05, 0.1) is 11.3 Å². The summed E-state index contributed by atoms with van der Waals surface area (Å²) >= 11 is 3.13. The Kier molecular flexibility index (Phi) is 5.85. The number of hydrogen-bond donors (Lipinski definition) is 1. The minimum Gasteiger partial charge on any atom is -0.325 e. The maximum atomic E-state index is 12.6. The number of halogens is 4. The quantitative estimate of drug-likeness (QED) is 0.753. The van der Waals surface area contributed by atoms with Gasteiger partial charge in [0, 0.05) is 10.9 Å². The Morgan fingerprint density at radius 1 is 1.32 bits per heavy atom. The van der Waals surface area contributed by atoms with Crippen LogP contribution in [0.1, 0.15) is 38.2 Å². The molecule has 0 spiro atoms. The number of unbranched alkanes of at least 4 members (excludes halogenated alkanes) is 2. The van der Waals surface area contributed by atoms with Gasteiger partial charge < -0.3 is 5.32 Å². The molecule has 1 N–H and O–H groups in total. The van der Waals surface area contributed by atoms with Crippen LogP contribution in [0, 0.1) is 0 Å². The lowest BCUT2D eigenvalue weighted by atomic mass is 10.1. The van der Waals surface area contributed by atoms with Crippen LogP contribution in [0.4, 0.5) is 18.9 Å². The lowest BCUT2D eigenvalue weighted by Crippen LogP contribution is -2.13. The number of benzene rings is 1. The molecule has 0 aliphatic carbocycles. The normalized spacial score (nSPS) is 11.4. The van der Waals surface area contributed by atoms with Gasteiger partial charge in [-0.2, -0.15) is 13.2 Å². The van der Waals surface area contributed by atoms with Gasteiger partial charge in [-0.25, -0.2) is 0 Å². The fourth-order valence-electron chi connectivity index (χ4n) is 1.55. The Morgan fingerprint density at radius 2 is 2.00 bits per heavy atom. The summed E-state index contributed by atoms with van der Waals surface area (Å²) in [6, 6.07) is 3.18. The molecule has 1 rings (SSSR count). The maximum absolute atomic E-state index is 12.6. The van der Waals surface area contributed by atoms with Crippen molar-refractivity contribution < 1.29 is 18.0 Å². The average molecular weight is 338 g/mol. The van der Waals surface area contributed by atoms with Crippen LogP contribution < -0.4 is 5.32 Å². The second kappa shape index (κ2) is 6.93. The highest BCUT2D eigenvalue weighted by molar-refractivity contribution is 9.10. The minimum absolute atomic E-state index is 0.149. The van der Waals surface area contributed by atoms with Crippen molar-refractivity contribution in [1.82, 2.24) is 0 Å². The fraction of sp³-hybridized carbons (Fsp3) is 0.462. The SMILES string of the molecule is CCCCCC(=O)Nc1cc(C(F)(F)F)ccc1Br. The lowest BCUT2D eigenvalue weighted by molar-refractivity contribution is -0.137. The van der Waals surface area contributed by atoms with Crippen molar-refractivity contribution in [2.45, 2.75) is 38.8 Å². The predicted molar refractivity (Wildman–Crippen MR) is 71.9 cm³/mol. The van der Waals surface area contributed by atoms with Crippen molar-refractivity contribution in [2.24, 2.45) is 0 Å². The molecule has 1 amide bonds. The van der Waals surface area contributed by atoms with E-state index in [1.54, 1.807) is 0 Å². The van der Waals surface area contributed by atoms with E-state index in [0.717, 1.165) is 31.4 Å². The van der Waals surface area contributed by atoms with Crippen LogP contribution >= 0.6 is 15.9 Å². The molecule has 0 aromatic heterocycles. The second-order valence-corrected chi connectivity index (χ2v) is 5.05. The highest BCUT2D eigenvalue weighted by Crippen LogP contribution is 2.34. The first-order chi connectivity index (χ1) is 8.84. The van der Waals surface area contributed by atoms with Crippen LogP contribution in [0.2, 0.25) is 0 Å². The number of carbonyl (C=O) groups excluding carboxylic acids is 1. The summed E-state index contributed by atoms with van der Waals surface area (Å²) in [6.07, 6.45) is -1.45. The lowest BCUT2D eigenvalue weighted by Gasteiger charge is -2.11. The van der Waals surface area contributed by atoms with E-state index in [4.69, 9.17) is 0 Å². The van der Waals surface area contributed by atoms with Gasteiger partial charge in [-0.05, 0) is 40.5 Å². The molecular formula is C13H15BrF3NO. The average Bonchev–Trinajstić information content (AvgIpc) is 2.31. The van der Waals surface area contributed by atoms with Crippen LogP contribution in [0.15, 0.2) is 22.7 Å². The van der Waals surface area contributed by atoms with Crippen molar-refractivity contribution >= 4 is 27.5 Å². The molecule has 6 heteroatoms. The Morgan fingerprint density at radius 3 is 2.58 bits per heavy atom. The third-order valence-corrected chi connectivity index (χ3v) is 3.27. The van der Waals surface area contributed by atoms with Gasteiger partial charge in [0.1, 0.15) is 0 Å². The zero-order chi connectivity index (χ0) is 14.5. The summed E-state index contributed by atoms with van der Waals surface area (Å²) in [4.78, 5) is 11.6. The molecule has 1 aromatic rings. The number of rotatable bonds is 5. The third-order valence-electron chi connectivity index (χ3n) is 2.58. The first-order valence-electron chi connectivity index (χ1n) is 6.01. The summed E-state index contributed by atoms with van der Waals surface area (Å²) in [5.74, 6) is -0.270. The van der Waals surface area contributed by atoms with E-state index in [9.17, 15) is 18.0 Å². The monoisotopic (exact) mass is 337 g/mol. The number of hydrogen-bond acceptors (Lipinski definition) is 1. The number of alkyl halides is 3. The van der Waals surface area contributed by atoms with E-state index < -0.39 is 11.7 Å². The molecule has 0 fully saturated rings. The van der Waals surface area contributed by atoms with Crippen LogP contribution in [0.3, 0.4) is 0 Å². The van der Waals surface area contributed by atoms with Crippen molar-refractivity contribution in [3.05, 3.63) is 28.2 Å². The van der Waals surface area contributed by atoms with Gasteiger partial charge in [0.25, 0.3) is 0 Å². The van der Waals surface area contributed by atoms with Crippen molar-refractivity contribution in [3.63, 3.8) is 0 Å². The molecule has 0 bridgehead atoms. The number of carbonyl (C=O) groups is 1. The topological polar surface area (TPSA) is 29.1 Å². The molecule has 1 aromatic carbocycles. The highest BCUT2D eigenvalue weighted by atomic mass is 79.9. The molecule has 0 atom stereocenters. The molecule has 106 valence electrons. The molecular weight excluding hydrogens is 323 g/mol. The van der Waals surface area contributed by atoms with Crippen molar-refractivity contribution in [1.29, 1.82) is 0 Å². The molecule has 0 aliphatic rings. The summed E-state index contributed by atoms with van der Waals surface area (Å²) in [7, 11) is 0. The Hall–Kier alpha value is -1.04. The maximum Gasteiger partial charge on any atom is 0.416 e. The second-order valence-electron chi connectivity index (χ2n) is 4.20. The van der Waals surface area contributed by atoms with Gasteiger partial charge in [-0.15, -0.1) is 0 Å². The Bertz CT molecular complexity index is 446. The van der Waals surface area contributed by atoms with Gasteiger partial charge in [-0.3, -0.25) is 4.79 Å². The summed E-state index contributed by atoms with van der Waals surface area (Å²) in [6.45, 7) is 2.02. The van der Waals surface area contributed by atoms with E-state index >= 15 is 0 Å². The van der Waals surface area contributed by atoms with Gasteiger partial charge in [0.15, 0.2) is 0 Å². The van der Waals surface area contributed by atoms with Crippen LogP contribution in [0.5, 0.6) is 0 Å². The summed E-state index contributed by atoms with van der Waals surface area (Å²) in [5, 5.41) is 2.50. The molecule has 0 saturated carbocycles. The Balaban J connectivity index is 2.74. The molecule has 0 heterocycles. The third kappa shape index (κ3) is 5.22. The van der Waals surface area contributed by atoms with E-state index in [1.165, 1.54) is 6.07 Å². The number of amides is 1. The molecule has 2 nitrogen and oxygen atoms in total. The molecule has 0 saturated heterocycles. The summed E-state index contributed by atoms with van der Waals surface area (Å²) in [5.41, 5.74) is -0.629. The first kappa shape index (κ1) is 16.0. The van der Waals surface area contributed by atoms with E-state index in [0.29, 0.717) is 10.9 Å². The van der Waals surface area contributed by atoms with Crippen molar-refractivity contribution in [3.8, 4) is 0 Å². The van der Waals surface area contributed by atoms with Crippen LogP contribution in [-0.4, -0.2) is 5.91 Å². The number of nitrogens with one attached hydrogen (secondary N) is 1. The number of anilines is 1. The predicted octanol–water partition coefficient (Wildman–Crippen LogP) is 4.99. The zero-order valence-corrected chi connectivity index (χ0v) is 12.1. The van der Waals surface area contributed by atoms with Crippen LogP contribution in [0.25, 0.3) is 0 Å². The van der Waals surface area contributed by atoms with Gasteiger partial charge in [-0.1, -0.05) is 19.8 Å². The molecule has 0 unspecified atom stereocenters. The molecule has 19 heavy (non-hydrogen) atoms. The molecule has 0 aliphatic heterocycles. The smallest absolute Gasteiger partial charge is 0.325 e.